The van der Waals surface area contributed by atoms with Crippen LogP contribution in [0.2, 0.25) is 0 Å². The van der Waals surface area contributed by atoms with Gasteiger partial charge >= 0.3 is 5.97 Å². The Hall–Kier alpha value is -1.40. The van der Waals surface area contributed by atoms with Crippen molar-refractivity contribution >= 4 is 45.5 Å². The van der Waals surface area contributed by atoms with E-state index in [9.17, 15) is 19.5 Å². The van der Waals surface area contributed by atoms with Gasteiger partial charge in [0.2, 0.25) is 11.8 Å². The number of esters is 1. The topological polar surface area (TPSA) is 99.6 Å². The van der Waals surface area contributed by atoms with Crippen molar-refractivity contribution in [2.45, 2.75) is 60.0 Å². The van der Waals surface area contributed by atoms with Gasteiger partial charge in [0.25, 0.3) is 0 Å². The van der Waals surface area contributed by atoms with E-state index in [0.29, 0.717) is 45.7 Å². The fraction of sp³-hybridized carbons (Fsp3) is 0.759. The lowest BCUT2D eigenvalue weighted by molar-refractivity contribution is -0.154. The Kier molecular flexibility index (Phi) is 10.8. The summed E-state index contributed by atoms with van der Waals surface area (Å²) in [4.78, 5) is 48.1. The molecule has 11 heteroatoms. The van der Waals surface area contributed by atoms with Crippen LogP contribution in [0.4, 0.5) is 0 Å². The number of hydrogen-bond acceptors (Lipinski definition) is 8. The number of ether oxygens (including phenoxy) is 2. The zero-order chi connectivity index (χ0) is 29.0. The highest BCUT2D eigenvalue weighted by Gasteiger charge is 2.76. The summed E-state index contributed by atoms with van der Waals surface area (Å²) in [5.74, 6) is -2.11. The van der Waals surface area contributed by atoms with Crippen LogP contribution in [0, 0.1) is 17.8 Å². The summed E-state index contributed by atoms with van der Waals surface area (Å²) in [6.45, 7) is 16.1. The highest BCUT2D eigenvalue weighted by atomic mass is 79.9. The average Bonchev–Trinajstić information content (AvgIpc) is 3.55. The van der Waals surface area contributed by atoms with Crippen LogP contribution in [0.25, 0.3) is 0 Å². The molecule has 0 radical (unpaired) electrons. The van der Waals surface area contributed by atoms with E-state index in [2.05, 4.69) is 34.0 Å². The van der Waals surface area contributed by atoms with Crippen molar-refractivity contribution in [1.82, 2.24) is 14.7 Å². The van der Waals surface area contributed by atoms with E-state index in [-0.39, 0.29) is 41.0 Å². The second-order valence-electron chi connectivity index (χ2n) is 11.3. The predicted octanol–water partition coefficient (Wildman–Crippen LogP) is 2.32. The maximum Gasteiger partial charge on any atom is 0.310 e. The van der Waals surface area contributed by atoms with E-state index < -0.39 is 34.6 Å². The van der Waals surface area contributed by atoms with E-state index in [0.717, 1.165) is 19.5 Å². The number of aliphatic hydroxyl groups excluding tert-OH is 1. The molecule has 0 aromatic rings. The lowest BCUT2D eigenvalue weighted by atomic mass is 9.71. The molecule has 2 amide bonds. The maximum atomic E-state index is 14.6. The van der Waals surface area contributed by atoms with Crippen LogP contribution in [-0.2, 0) is 23.9 Å². The highest BCUT2D eigenvalue weighted by Crippen LogP contribution is 2.68. The minimum Gasteiger partial charge on any atom is -0.465 e. The van der Waals surface area contributed by atoms with Gasteiger partial charge in [-0.15, -0.1) is 24.9 Å². The van der Waals surface area contributed by atoms with Gasteiger partial charge in [-0.25, -0.2) is 0 Å². The van der Waals surface area contributed by atoms with Gasteiger partial charge < -0.3 is 24.4 Å². The molecule has 0 saturated carbocycles. The smallest absolute Gasteiger partial charge is 0.310 e. The quantitative estimate of drug-likeness (QED) is 0.134. The lowest BCUT2D eigenvalue weighted by Crippen LogP contribution is -2.59. The van der Waals surface area contributed by atoms with Crippen LogP contribution in [0.15, 0.2) is 25.3 Å². The molecule has 4 aliphatic rings. The summed E-state index contributed by atoms with van der Waals surface area (Å²) in [5.41, 5.74) is 0. The van der Waals surface area contributed by atoms with Crippen LogP contribution in [0.3, 0.4) is 0 Å². The van der Waals surface area contributed by atoms with E-state index >= 15 is 0 Å². The second-order valence-corrected chi connectivity index (χ2v) is 14.0. The van der Waals surface area contributed by atoms with Gasteiger partial charge in [-0.1, -0.05) is 48.4 Å². The van der Waals surface area contributed by atoms with E-state index in [4.69, 9.17) is 9.47 Å². The zero-order valence-electron chi connectivity index (χ0n) is 23.7. The summed E-state index contributed by atoms with van der Waals surface area (Å²) in [5, 5.41) is 10.4. The third kappa shape index (κ3) is 5.78. The Morgan fingerprint density at radius 3 is 2.67 bits per heavy atom. The molecule has 0 aliphatic carbocycles. The molecule has 1 spiro atoms. The number of likely N-dealkylation sites (tertiary alicyclic amines) is 1. The summed E-state index contributed by atoms with van der Waals surface area (Å²) in [7, 11) is 0. The van der Waals surface area contributed by atoms with E-state index in [1.165, 1.54) is 0 Å². The normalized spacial score (nSPS) is 33.0. The number of alkyl halides is 1. The molecule has 0 aromatic carbocycles. The highest BCUT2D eigenvalue weighted by molar-refractivity contribution is 9.09. The summed E-state index contributed by atoms with van der Waals surface area (Å²) >= 11 is 5.39. The minimum atomic E-state index is -0.790. The maximum absolute atomic E-state index is 14.6. The van der Waals surface area contributed by atoms with Crippen LogP contribution >= 0.6 is 27.7 Å². The number of rotatable bonds is 14. The molecule has 8 atom stereocenters. The molecule has 3 unspecified atom stereocenters. The van der Waals surface area contributed by atoms with Gasteiger partial charge in [0.1, 0.15) is 6.04 Å². The van der Waals surface area contributed by atoms with Crippen LogP contribution in [-0.4, -0.2) is 124 Å². The number of carbonyl (C=O) groups excluding carboxylic acids is 3. The standard InChI is InChI=1S/C29H44BrN3O6S/c1-5-8-14-39-28(37)22-23-26(35)33(21(18-34)19(4)7-3)25(29(23)17-20(30)24(22)40-29)27(36)32(9-6-2)11-10-31-12-15-38-16-13-31/h5-6,19-25,34H,1-2,7-18H2,3-4H3/t19-,20?,21-,22-,23-,24-,25?,29?/m0/s1. The first kappa shape index (κ1) is 31.5. The molecular formula is C29H44BrN3O6S. The molecule has 40 heavy (non-hydrogen) atoms. The van der Waals surface area contributed by atoms with Gasteiger partial charge in [0, 0.05) is 42.8 Å². The lowest BCUT2D eigenvalue weighted by Gasteiger charge is -2.41. The van der Waals surface area contributed by atoms with Gasteiger partial charge in [-0.05, 0) is 18.8 Å². The SMILES string of the molecule is C=CCCOC(=O)[C@H]1[C@H]2C(=O)N([C@@H](CO)[C@@H](C)CC)C(C(=O)N(CC=C)CCN3CCOCC3)C23CC(Br)[C@@H]1S3. The van der Waals surface area contributed by atoms with Gasteiger partial charge in [-0.2, -0.15) is 0 Å². The molecule has 224 valence electrons. The molecule has 4 rings (SSSR count). The number of fused-ring (bicyclic) bond motifs is 1. The summed E-state index contributed by atoms with van der Waals surface area (Å²) in [6.07, 6.45) is 5.28. The Labute approximate surface area is 250 Å². The summed E-state index contributed by atoms with van der Waals surface area (Å²) in [6, 6.07) is -1.32. The largest absolute Gasteiger partial charge is 0.465 e. The van der Waals surface area contributed by atoms with Crippen molar-refractivity contribution in [3.63, 3.8) is 0 Å². The van der Waals surface area contributed by atoms with Gasteiger partial charge in [0.15, 0.2) is 0 Å². The Balaban J connectivity index is 1.70. The molecule has 9 nitrogen and oxygen atoms in total. The van der Waals surface area contributed by atoms with Crippen molar-refractivity contribution in [3.05, 3.63) is 25.3 Å². The summed E-state index contributed by atoms with van der Waals surface area (Å²) < 4.78 is 10.3. The first-order valence-electron chi connectivity index (χ1n) is 14.5. The van der Waals surface area contributed by atoms with Crippen molar-refractivity contribution in [2.24, 2.45) is 17.8 Å². The van der Waals surface area contributed by atoms with E-state index in [1.54, 1.807) is 33.7 Å². The van der Waals surface area contributed by atoms with Gasteiger partial charge in [0.05, 0.1) is 49.1 Å². The second kappa shape index (κ2) is 13.7. The van der Waals surface area contributed by atoms with Crippen LogP contribution < -0.4 is 0 Å². The number of amides is 2. The number of halogens is 1. The Bertz CT molecular complexity index is 964. The van der Waals surface area contributed by atoms with Crippen molar-refractivity contribution < 1.29 is 29.0 Å². The van der Waals surface area contributed by atoms with Crippen molar-refractivity contribution in [3.8, 4) is 0 Å². The number of carbonyl (C=O) groups is 3. The molecule has 1 N–H and O–H groups in total. The van der Waals surface area contributed by atoms with Gasteiger partial charge in [-0.3, -0.25) is 19.3 Å². The number of hydrogen-bond donors (Lipinski definition) is 1. The predicted molar refractivity (Wildman–Crippen MR) is 159 cm³/mol. The van der Waals surface area contributed by atoms with Crippen LogP contribution in [0.5, 0.6) is 0 Å². The molecule has 2 bridgehead atoms. The fourth-order valence-corrected chi connectivity index (χ4v) is 10.4. The average molecular weight is 643 g/mol. The third-order valence-electron chi connectivity index (χ3n) is 9.10. The molecule has 4 saturated heterocycles. The molecule has 4 aliphatic heterocycles. The number of nitrogens with zero attached hydrogens (tertiary/aromatic N) is 3. The minimum absolute atomic E-state index is 0.0272. The number of aliphatic hydroxyl groups is 1. The monoisotopic (exact) mass is 641 g/mol. The molecule has 4 heterocycles. The third-order valence-corrected chi connectivity index (χ3v) is 12.3. The van der Waals surface area contributed by atoms with Crippen molar-refractivity contribution in [1.29, 1.82) is 0 Å². The number of morpholine rings is 1. The number of thioether (sulfide) groups is 1. The van der Waals surface area contributed by atoms with Crippen LogP contribution in [0.1, 0.15) is 33.1 Å². The molecule has 4 fully saturated rings. The first-order chi connectivity index (χ1) is 19.2. The fourth-order valence-electron chi connectivity index (χ4n) is 6.83. The zero-order valence-corrected chi connectivity index (χ0v) is 26.1. The first-order valence-corrected chi connectivity index (χ1v) is 16.3. The van der Waals surface area contributed by atoms with E-state index in [1.807, 2.05) is 13.8 Å². The van der Waals surface area contributed by atoms with Crippen molar-refractivity contribution in [2.75, 3.05) is 59.2 Å². The molecular weight excluding hydrogens is 598 g/mol. The Morgan fingerprint density at radius 1 is 1.32 bits per heavy atom. The Morgan fingerprint density at radius 2 is 2.05 bits per heavy atom. The molecule has 0 aromatic heterocycles.